The number of aromatic nitrogens is 3. The molecule has 0 radical (unpaired) electrons. The van der Waals surface area contributed by atoms with Gasteiger partial charge in [0.15, 0.2) is 0 Å². The zero-order chi connectivity index (χ0) is 22.0. The van der Waals surface area contributed by atoms with E-state index in [1.165, 1.54) is 0 Å². The average molecular weight is 435 g/mol. The highest BCUT2D eigenvalue weighted by Gasteiger charge is 2.21. The van der Waals surface area contributed by atoms with Crippen LogP contribution in [0.15, 0.2) is 52.6 Å². The van der Waals surface area contributed by atoms with Gasteiger partial charge in [-0.3, -0.25) is 9.78 Å². The second kappa shape index (κ2) is 8.89. The fraction of sp³-hybridized carbons (Fsp3) is 0.292. The normalized spacial score (nSPS) is 11.3. The maximum atomic E-state index is 12.9. The molecule has 0 fully saturated rings. The van der Waals surface area contributed by atoms with E-state index in [1.54, 1.807) is 17.6 Å². The molecule has 4 rings (SSSR count). The van der Waals surface area contributed by atoms with Crippen molar-refractivity contribution in [2.24, 2.45) is 5.92 Å². The quantitative estimate of drug-likeness (QED) is 0.427. The van der Waals surface area contributed by atoms with Gasteiger partial charge >= 0.3 is 0 Å². The van der Waals surface area contributed by atoms with Gasteiger partial charge in [0.25, 0.3) is 5.91 Å². The van der Waals surface area contributed by atoms with Gasteiger partial charge < -0.3 is 14.3 Å². The highest BCUT2D eigenvalue weighted by Crippen LogP contribution is 2.32. The molecule has 160 valence electrons. The van der Waals surface area contributed by atoms with Crippen LogP contribution in [0.25, 0.3) is 22.0 Å². The van der Waals surface area contributed by atoms with E-state index < -0.39 is 0 Å². The number of furan rings is 1. The van der Waals surface area contributed by atoms with Crippen LogP contribution in [0.1, 0.15) is 41.4 Å². The van der Waals surface area contributed by atoms with Crippen LogP contribution in [0, 0.1) is 19.8 Å². The summed E-state index contributed by atoms with van der Waals surface area (Å²) in [5.74, 6) is 1.15. The minimum Gasteiger partial charge on any atom is -0.467 e. The molecule has 7 heteroatoms. The first kappa shape index (κ1) is 21.1. The lowest BCUT2D eigenvalue weighted by molar-refractivity contribution is 0.0948. The van der Waals surface area contributed by atoms with Gasteiger partial charge in [0.2, 0.25) is 0 Å². The number of carbonyl (C=O) groups excluding carboxylic acids is 1. The Kier molecular flexibility index (Phi) is 6.04. The number of carbonyl (C=O) groups is 1. The zero-order valence-corrected chi connectivity index (χ0v) is 19.0. The molecule has 4 aromatic rings. The van der Waals surface area contributed by atoms with E-state index in [0.717, 1.165) is 39.1 Å². The van der Waals surface area contributed by atoms with Gasteiger partial charge in [-0.05, 0) is 50.1 Å². The average Bonchev–Trinajstić information content (AvgIpc) is 3.49. The van der Waals surface area contributed by atoms with E-state index in [2.05, 4.69) is 28.7 Å². The van der Waals surface area contributed by atoms with E-state index in [-0.39, 0.29) is 5.91 Å². The first-order valence-corrected chi connectivity index (χ1v) is 11.2. The summed E-state index contributed by atoms with van der Waals surface area (Å²) >= 11 is 1.57. The number of hydrogen-bond donors (Lipinski definition) is 1. The van der Waals surface area contributed by atoms with Crippen molar-refractivity contribution in [1.82, 2.24) is 19.9 Å². The molecule has 6 nitrogen and oxygen atoms in total. The van der Waals surface area contributed by atoms with Crippen molar-refractivity contribution in [2.45, 2.75) is 34.2 Å². The molecule has 0 aromatic carbocycles. The lowest BCUT2D eigenvalue weighted by Crippen LogP contribution is -2.27. The molecular weight excluding hydrogens is 408 g/mol. The summed E-state index contributed by atoms with van der Waals surface area (Å²) in [6.07, 6.45) is 3.51. The minimum absolute atomic E-state index is 0.0659. The van der Waals surface area contributed by atoms with Crippen molar-refractivity contribution < 1.29 is 9.21 Å². The molecular formula is C24H26N4O2S. The fourth-order valence-electron chi connectivity index (χ4n) is 3.36. The fourth-order valence-corrected chi connectivity index (χ4v) is 4.16. The van der Waals surface area contributed by atoms with Gasteiger partial charge in [0.1, 0.15) is 10.8 Å². The summed E-state index contributed by atoms with van der Waals surface area (Å²) < 4.78 is 7.66. The molecule has 0 bridgehead atoms. The minimum atomic E-state index is -0.0659. The molecule has 31 heavy (non-hydrogen) atoms. The molecule has 0 saturated carbocycles. The number of nitrogens with zero attached hydrogens (tertiary/aromatic N) is 3. The van der Waals surface area contributed by atoms with Gasteiger partial charge in [-0.2, -0.15) is 0 Å². The van der Waals surface area contributed by atoms with E-state index in [1.807, 2.05) is 55.8 Å². The SMILES string of the molecule is Cc1ccc(-c2nc(-c3cc(C(=O)NCC(C)C)c(C)n3Cc3ccco3)cs2)cn1. The lowest BCUT2D eigenvalue weighted by atomic mass is 10.2. The Hall–Kier alpha value is -3.19. The molecule has 4 heterocycles. The second-order valence-electron chi connectivity index (χ2n) is 8.02. The summed E-state index contributed by atoms with van der Waals surface area (Å²) in [5, 5.41) is 5.95. The van der Waals surface area contributed by atoms with Crippen molar-refractivity contribution >= 4 is 17.2 Å². The monoisotopic (exact) mass is 434 g/mol. The molecule has 4 aromatic heterocycles. The van der Waals surface area contributed by atoms with Crippen molar-refractivity contribution in [1.29, 1.82) is 0 Å². The molecule has 0 unspecified atom stereocenters. The lowest BCUT2D eigenvalue weighted by Gasteiger charge is -2.10. The third kappa shape index (κ3) is 4.61. The van der Waals surface area contributed by atoms with Crippen molar-refractivity contribution in [2.75, 3.05) is 6.54 Å². The number of hydrogen-bond acceptors (Lipinski definition) is 5. The summed E-state index contributed by atoms with van der Waals surface area (Å²) in [5.41, 5.74) is 5.23. The zero-order valence-electron chi connectivity index (χ0n) is 18.2. The predicted molar refractivity (Wildman–Crippen MR) is 123 cm³/mol. The van der Waals surface area contributed by atoms with Crippen LogP contribution in [0.5, 0.6) is 0 Å². The molecule has 0 aliphatic carbocycles. The Bertz CT molecular complexity index is 1170. The Morgan fingerprint density at radius 1 is 1.26 bits per heavy atom. The Labute approximate surface area is 186 Å². The van der Waals surface area contributed by atoms with Gasteiger partial charge in [-0.1, -0.05) is 13.8 Å². The number of aryl methyl sites for hydroxylation is 1. The number of pyridine rings is 1. The van der Waals surface area contributed by atoms with Crippen LogP contribution in [-0.4, -0.2) is 27.0 Å². The van der Waals surface area contributed by atoms with E-state index in [9.17, 15) is 4.79 Å². The first-order valence-electron chi connectivity index (χ1n) is 10.3. The van der Waals surface area contributed by atoms with E-state index >= 15 is 0 Å². The summed E-state index contributed by atoms with van der Waals surface area (Å²) in [7, 11) is 0. The highest BCUT2D eigenvalue weighted by atomic mass is 32.1. The van der Waals surface area contributed by atoms with Crippen molar-refractivity contribution in [3.8, 4) is 22.0 Å². The summed E-state index contributed by atoms with van der Waals surface area (Å²) in [6, 6.07) is 9.75. The van der Waals surface area contributed by atoms with Crippen LogP contribution in [0.3, 0.4) is 0 Å². The van der Waals surface area contributed by atoms with Crippen LogP contribution < -0.4 is 5.32 Å². The molecule has 0 aliphatic rings. The molecule has 1 amide bonds. The van der Waals surface area contributed by atoms with E-state index in [0.29, 0.717) is 24.6 Å². The molecule has 0 spiro atoms. The van der Waals surface area contributed by atoms with Gasteiger partial charge in [0, 0.05) is 35.1 Å². The van der Waals surface area contributed by atoms with Crippen LogP contribution in [-0.2, 0) is 6.54 Å². The second-order valence-corrected chi connectivity index (χ2v) is 8.88. The maximum Gasteiger partial charge on any atom is 0.253 e. The molecule has 0 saturated heterocycles. The predicted octanol–water partition coefficient (Wildman–Crippen LogP) is 5.32. The number of rotatable bonds is 7. The van der Waals surface area contributed by atoms with Crippen LogP contribution in [0.2, 0.25) is 0 Å². The number of nitrogens with one attached hydrogen (secondary N) is 1. The third-order valence-electron chi connectivity index (χ3n) is 5.10. The molecule has 1 N–H and O–H groups in total. The molecule has 0 aliphatic heterocycles. The third-order valence-corrected chi connectivity index (χ3v) is 5.99. The Morgan fingerprint density at radius 3 is 2.77 bits per heavy atom. The Balaban J connectivity index is 1.72. The standard InChI is InChI=1S/C24H26N4O2S/c1-15(2)11-26-23(29)20-10-22(28(17(20)4)13-19-6-5-9-30-19)21-14-31-24(27-21)18-8-7-16(3)25-12-18/h5-10,12,14-15H,11,13H2,1-4H3,(H,26,29). The topological polar surface area (TPSA) is 73.0 Å². The van der Waals surface area contributed by atoms with Gasteiger partial charge in [0.05, 0.1) is 29.8 Å². The molecule has 0 atom stereocenters. The smallest absolute Gasteiger partial charge is 0.253 e. The van der Waals surface area contributed by atoms with Gasteiger partial charge in [-0.25, -0.2) is 4.98 Å². The van der Waals surface area contributed by atoms with Crippen molar-refractivity contribution in [3.63, 3.8) is 0 Å². The summed E-state index contributed by atoms with van der Waals surface area (Å²) in [4.78, 5) is 22.1. The number of thiazole rings is 1. The maximum absolute atomic E-state index is 12.9. The Morgan fingerprint density at radius 2 is 2.10 bits per heavy atom. The van der Waals surface area contributed by atoms with Crippen LogP contribution >= 0.6 is 11.3 Å². The highest BCUT2D eigenvalue weighted by molar-refractivity contribution is 7.13. The summed E-state index contributed by atoms with van der Waals surface area (Å²) in [6.45, 7) is 9.26. The largest absolute Gasteiger partial charge is 0.467 e. The number of amides is 1. The first-order chi connectivity index (χ1) is 14.9. The van der Waals surface area contributed by atoms with E-state index in [4.69, 9.17) is 9.40 Å². The van der Waals surface area contributed by atoms with Crippen molar-refractivity contribution in [3.05, 3.63) is 70.9 Å². The van der Waals surface area contributed by atoms with Gasteiger partial charge in [-0.15, -0.1) is 11.3 Å². The van der Waals surface area contributed by atoms with Crippen LogP contribution in [0.4, 0.5) is 0 Å².